The van der Waals surface area contributed by atoms with Crippen LogP contribution in [-0.4, -0.2) is 11.4 Å². The van der Waals surface area contributed by atoms with E-state index in [0.717, 1.165) is 28.2 Å². The molecule has 0 amide bonds. The molecule has 0 aromatic heterocycles. The Morgan fingerprint density at radius 3 is 1.30 bits per heavy atom. The van der Waals surface area contributed by atoms with Crippen molar-refractivity contribution in [3.05, 3.63) is 58.7 Å². The summed E-state index contributed by atoms with van der Waals surface area (Å²) in [5, 5.41) is 0.792. The summed E-state index contributed by atoms with van der Waals surface area (Å²) in [6, 6.07) is 13.2. The molecule has 2 aromatic carbocycles. The van der Waals surface area contributed by atoms with E-state index in [1.165, 1.54) is 22.3 Å². The Morgan fingerprint density at radius 2 is 1.00 bits per heavy atom. The van der Waals surface area contributed by atoms with Crippen molar-refractivity contribution in [2.45, 2.75) is 91.4 Å². The summed E-state index contributed by atoms with van der Waals surface area (Å²) in [6.45, 7) is 20.1. The Morgan fingerprint density at radius 1 is 0.667 bits per heavy atom. The standard InChI is InChI=1S/C28H39N2.2BrH.Ni/c1-17(2)23-13-11-14-24(18(3)4)27(23)29-21(9)22(10)30-28-25(19(5)6)15-12-16-26(28)20(7)8;;;/h11-20H,9H2,1-8,10H3;2*1H;/q;;;+2/p-2. The second kappa shape index (κ2) is 12.8. The molecule has 5 heteroatoms. The van der Waals surface area contributed by atoms with Crippen molar-refractivity contribution in [2.75, 3.05) is 0 Å². The van der Waals surface area contributed by atoms with Crippen LogP contribution in [0.1, 0.15) is 108 Å². The van der Waals surface area contributed by atoms with Crippen LogP contribution >= 0.6 is 28.5 Å². The van der Waals surface area contributed by atoms with Gasteiger partial charge in [-0.1, -0.05) is 0 Å². The van der Waals surface area contributed by atoms with E-state index in [9.17, 15) is 0 Å². The van der Waals surface area contributed by atoms with Crippen LogP contribution in [-0.2, 0) is 9.87 Å². The molecule has 0 aliphatic heterocycles. The monoisotopic (exact) mass is 619 g/mol. The number of hydrogen-bond acceptors (Lipinski definition) is 2. The molecule has 0 unspecified atom stereocenters. The minimum atomic E-state index is -0.287. The molecule has 0 spiro atoms. The first kappa shape index (κ1) is 28.5. The van der Waals surface area contributed by atoms with E-state index in [4.69, 9.17) is 9.98 Å². The van der Waals surface area contributed by atoms with Crippen LogP contribution in [0.15, 0.2) is 46.4 Å². The van der Waals surface area contributed by atoms with E-state index < -0.39 is 0 Å². The molecule has 0 aliphatic rings. The van der Waals surface area contributed by atoms with Crippen molar-refractivity contribution in [3.8, 4) is 0 Å². The second-order valence-corrected chi connectivity index (χ2v) is 18.6. The molecule has 33 heavy (non-hydrogen) atoms. The Hall–Kier alpha value is -0.766. The number of hydrogen-bond donors (Lipinski definition) is 0. The van der Waals surface area contributed by atoms with Crippen LogP contribution in [0.3, 0.4) is 0 Å². The number of halogens is 2. The van der Waals surface area contributed by atoms with Crippen molar-refractivity contribution in [1.29, 1.82) is 0 Å². The Labute approximate surface area is 220 Å². The summed E-state index contributed by atoms with van der Waals surface area (Å²) < 4.78 is 0. The van der Waals surface area contributed by atoms with E-state index in [-0.39, 0.29) is 9.87 Å². The van der Waals surface area contributed by atoms with Crippen molar-refractivity contribution in [2.24, 2.45) is 9.98 Å². The fraction of sp³-hybridized carbons (Fsp3) is 0.500. The number of nitrogens with zero attached hydrogens (tertiary/aromatic N) is 2. The summed E-state index contributed by atoms with van der Waals surface area (Å²) in [6.07, 6.45) is 0. The van der Waals surface area contributed by atoms with Gasteiger partial charge < -0.3 is 0 Å². The third kappa shape index (κ3) is 7.61. The van der Waals surface area contributed by atoms with Crippen LogP contribution < -0.4 is 0 Å². The van der Waals surface area contributed by atoms with Gasteiger partial charge in [0.25, 0.3) is 0 Å². The molecule has 0 radical (unpaired) electrons. The van der Waals surface area contributed by atoms with E-state index in [0.29, 0.717) is 23.7 Å². The van der Waals surface area contributed by atoms with Gasteiger partial charge in [0.2, 0.25) is 0 Å². The van der Waals surface area contributed by atoms with Gasteiger partial charge in [-0.3, -0.25) is 0 Å². The molecule has 185 valence electrons. The zero-order chi connectivity index (χ0) is 24.9. The van der Waals surface area contributed by atoms with Gasteiger partial charge in [0.1, 0.15) is 0 Å². The van der Waals surface area contributed by atoms with Crippen molar-refractivity contribution < 1.29 is 9.87 Å². The average Bonchev–Trinajstić information content (AvgIpc) is 2.72. The summed E-state index contributed by atoms with van der Waals surface area (Å²) in [7, 11) is -0.287. The fourth-order valence-corrected chi connectivity index (χ4v) is 5.88. The van der Waals surface area contributed by atoms with Crippen LogP contribution in [0, 0.1) is 0 Å². The zero-order valence-electron chi connectivity index (χ0n) is 21.4. The Kier molecular flexibility index (Phi) is 11.0. The van der Waals surface area contributed by atoms with E-state index >= 15 is 0 Å². The van der Waals surface area contributed by atoms with Crippen LogP contribution in [0.2, 0.25) is 5.39 Å². The number of aliphatic imine (C=N–C) groups is 2. The molecule has 0 saturated carbocycles. The molecular formula is C28H39Br2N2Ni. The molecule has 2 nitrogen and oxygen atoms in total. The molecule has 0 saturated heterocycles. The van der Waals surface area contributed by atoms with Crippen molar-refractivity contribution in [1.82, 2.24) is 0 Å². The predicted molar refractivity (Wildman–Crippen MR) is 152 cm³/mol. The molecule has 0 heterocycles. The first-order chi connectivity index (χ1) is 15.4. The van der Waals surface area contributed by atoms with Gasteiger partial charge in [-0.25, -0.2) is 0 Å². The van der Waals surface area contributed by atoms with Crippen molar-refractivity contribution >= 4 is 51.2 Å². The average molecular weight is 622 g/mol. The van der Waals surface area contributed by atoms with Crippen LogP contribution in [0.5, 0.6) is 0 Å². The minimum absolute atomic E-state index is 0.287. The van der Waals surface area contributed by atoms with Gasteiger partial charge in [0.05, 0.1) is 0 Å². The second-order valence-electron chi connectivity index (χ2n) is 9.77. The third-order valence-electron chi connectivity index (χ3n) is 5.82. The summed E-state index contributed by atoms with van der Waals surface area (Å²) in [4.78, 5) is 10.6. The number of rotatable bonds is 9. The maximum atomic E-state index is 5.32. The van der Waals surface area contributed by atoms with Crippen molar-refractivity contribution in [3.63, 3.8) is 0 Å². The molecule has 0 fully saturated rings. The molecule has 0 atom stereocenters. The third-order valence-corrected chi connectivity index (χ3v) is 7.88. The zero-order valence-corrected chi connectivity index (χ0v) is 25.6. The van der Waals surface area contributed by atoms with Gasteiger partial charge in [0, 0.05) is 0 Å². The first-order valence-electron chi connectivity index (χ1n) is 11.7. The first-order valence-corrected chi connectivity index (χ1v) is 17.3. The van der Waals surface area contributed by atoms with Crippen LogP contribution in [0.25, 0.3) is 0 Å². The summed E-state index contributed by atoms with van der Waals surface area (Å²) in [5.41, 5.74) is 9.41. The number of benzene rings is 2. The molecular weight excluding hydrogens is 583 g/mol. The summed E-state index contributed by atoms with van der Waals surface area (Å²) >= 11 is 7.47. The molecule has 0 N–H and O–H groups in total. The molecule has 0 bridgehead atoms. The maximum absolute atomic E-state index is 5.32. The van der Waals surface area contributed by atoms with Crippen LogP contribution in [0.4, 0.5) is 11.4 Å². The Bertz CT molecular complexity index is 952. The quantitative estimate of drug-likeness (QED) is 0.197. The molecule has 2 rings (SSSR count). The van der Waals surface area contributed by atoms with E-state index in [2.05, 4.69) is 127 Å². The van der Waals surface area contributed by atoms with Gasteiger partial charge in [-0.15, -0.1) is 0 Å². The van der Waals surface area contributed by atoms with Gasteiger partial charge in [-0.05, 0) is 0 Å². The SMILES string of the molecule is CC(=Nc1c(C(C)C)cccc1C(C)C)C([CH2][Ni]([Br])[Br])=Nc1c(C(C)C)cccc1C(C)C. The normalized spacial score (nSPS) is 13.6. The summed E-state index contributed by atoms with van der Waals surface area (Å²) in [5.74, 6) is 1.63. The predicted octanol–water partition coefficient (Wildman–Crippen LogP) is 10.7. The molecule has 2 aromatic rings. The Balaban J connectivity index is 2.77. The van der Waals surface area contributed by atoms with Gasteiger partial charge >= 0.3 is 221 Å². The van der Waals surface area contributed by atoms with Gasteiger partial charge in [0.15, 0.2) is 0 Å². The van der Waals surface area contributed by atoms with Gasteiger partial charge in [-0.2, -0.15) is 0 Å². The van der Waals surface area contributed by atoms with E-state index in [1.807, 2.05) is 0 Å². The van der Waals surface area contributed by atoms with E-state index in [1.54, 1.807) is 0 Å². The topological polar surface area (TPSA) is 24.7 Å². The number of para-hydroxylation sites is 2. The molecule has 0 aliphatic carbocycles. The fourth-order valence-electron chi connectivity index (χ4n) is 3.92.